The average Bonchev–Trinajstić information content (AvgIpc) is 2.76. The summed E-state index contributed by atoms with van der Waals surface area (Å²) in [6.07, 6.45) is 13.0. The number of rotatable bonds is 0. The molecule has 4 aliphatic rings. The standard InChI is InChI=1S/C20H32O/c1-13-8-10-19(2)14(12-13)4-5-15-16-6-7-18(21)20(16,3)11-9-17(15)19/h8,14-18,21H,4-7,9-12H2,1-3H3/t14-,15-,16-,17-,18-,19+,20-/m1/s1. The molecule has 4 aliphatic carbocycles. The maximum Gasteiger partial charge on any atom is 0.0596 e. The lowest BCUT2D eigenvalue weighted by atomic mass is 9.45. The van der Waals surface area contributed by atoms with E-state index in [1.54, 1.807) is 5.57 Å². The molecule has 0 aromatic carbocycles. The lowest BCUT2D eigenvalue weighted by Gasteiger charge is -2.59. The molecule has 0 aliphatic heterocycles. The fourth-order valence-electron chi connectivity index (χ4n) is 7.03. The van der Waals surface area contributed by atoms with Crippen LogP contribution in [0, 0.1) is 34.5 Å². The van der Waals surface area contributed by atoms with Crippen LogP contribution in [0.3, 0.4) is 0 Å². The van der Waals surface area contributed by atoms with Crippen molar-refractivity contribution in [3.63, 3.8) is 0 Å². The Hall–Kier alpha value is -0.300. The van der Waals surface area contributed by atoms with Crippen LogP contribution in [0.15, 0.2) is 11.6 Å². The predicted octanol–water partition coefficient (Wildman–Crippen LogP) is 4.95. The zero-order valence-electron chi connectivity index (χ0n) is 14.1. The van der Waals surface area contributed by atoms with Crippen molar-refractivity contribution < 1.29 is 5.11 Å². The zero-order chi connectivity index (χ0) is 14.8. The molecule has 3 fully saturated rings. The highest BCUT2D eigenvalue weighted by Gasteiger charge is 2.59. The maximum atomic E-state index is 10.5. The fourth-order valence-corrected chi connectivity index (χ4v) is 7.03. The Bertz CT molecular complexity index is 466. The van der Waals surface area contributed by atoms with Crippen LogP contribution in [0.4, 0.5) is 0 Å². The van der Waals surface area contributed by atoms with E-state index in [9.17, 15) is 5.11 Å². The Morgan fingerprint density at radius 2 is 1.76 bits per heavy atom. The van der Waals surface area contributed by atoms with E-state index < -0.39 is 0 Å². The second-order valence-electron chi connectivity index (χ2n) is 9.25. The molecule has 3 saturated carbocycles. The largest absolute Gasteiger partial charge is 0.393 e. The molecule has 0 unspecified atom stereocenters. The van der Waals surface area contributed by atoms with Crippen LogP contribution in [-0.2, 0) is 0 Å². The van der Waals surface area contributed by atoms with Gasteiger partial charge in [-0.05, 0) is 92.8 Å². The van der Waals surface area contributed by atoms with Crippen LogP contribution in [0.2, 0.25) is 0 Å². The van der Waals surface area contributed by atoms with Crippen LogP contribution in [0.5, 0.6) is 0 Å². The summed E-state index contributed by atoms with van der Waals surface area (Å²) < 4.78 is 0. The Kier molecular flexibility index (Phi) is 3.13. The van der Waals surface area contributed by atoms with Gasteiger partial charge in [-0.25, -0.2) is 0 Å². The summed E-state index contributed by atoms with van der Waals surface area (Å²) in [6.45, 7) is 7.33. The molecule has 118 valence electrons. The third-order valence-corrected chi connectivity index (χ3v) is 8.47. The second-order valence-corrected chi connectivity index (χ2v) is 9.25. The maximum absolute atomic E-state index is 10.5. The van der Waals surface area contributed by atoms with Gasteiger partial charge in [-0.15, -0.1) is 0 Å². The number of aliphatic hydroxyl groups excluding tert-OH is 1. The van der Waals surface area contributed by atoms with Gasteiger partial charge in [-0.1, -0.05) is 25.5 Å². The van der Waals surface area contributed by atoms with Crippen LogP contribution >= 0.6 is 0 Å². The summed E-state index contributed by atoms with van der Waals surface area (Å²) in [7, 11) is 0. The van der Waals surface area contributed by atoms with E-state index >= 15 is 0 Å². The number of hydrogen-bond acceptors (Lipinski definition) is 1. The molecule has 0 bridgehead atoms. The minimum atomic E-state index is -0.0255. The third kappa shape index (κ3) is 1.85. The van der Waals surface area contributed by atoms with Gasteiger partial charge in [0.25, 0.3) is 0 Å². The smallest absolute Gasteiger partial charge is 0.0596 e. The van der Waals surface area contributed by atoms with Gasteiger partial charge in [-0.2, -0.15) is 0 Å². The lowest BCUT2D eigenvalue weighted by Crippen LogP contribution is -2.53. The molecule has 0 amide bonds. The van der Waals surface area contributed by atoms with Crippen LogP contribution in [0.1, 0.15) is 72.1 Å². The minimum absolute atomic E-state index is 0.0255. The van der Waals surface area contributed by atoms with Crippen molar-refractivity contribution in [2.45, 2.75) is 78.2 Å². The van der Waals surface area contributed by atoms with Gasteiger partial charge in [-0.3, -0.25) is 0 Å². The second kappa shape index (κ2) is 4.60. The van der Waals surface area contributed by atoms with Crippen molar-refractivity contribution in [3.8, 4) is 0 Å². The summed E-state index contributed by atoms with van der Waals surface area (Å²) in [5.74, 6) is 3.55. The first-order chi connectivity index (χ1) is 9.95. The van der Waals surface area contributed by atoms with Crippen molar-refractivity contribution >= 4 is 0 Å². The molecule has 0 heterocycles. The Balaban J connectivity index is 1.65. The van der Waals surface area contributed by atoms with E-state index in [1.807, 2.05) is 0 Å². The number of fused-ring (bicyclic) bond motifs is 5. The van der Waals surface area contributed by atoms with Crippen LogP contribution in [-0.4, -0.2) is 11.2 Å². The fraction of sp³-hybridized carbons (Fsp3) is 0.900. The summed E-state index contributed by atoms with van der Waals surface area (Å²) in [4.78, 5) is 0. The number of hydrogen-bond donors (Lipinski definition) is 1. The molecule has 0 radical (unpaired) electrons. The first-order valence-electron chi connectivity index (χ1n) is 9.29. The Labute approximate surface area is 130 Å². The average molecular weight is 288 g/mol. The normalized spacial score (nSPS) is 56.2. The number of aliphatic hydroxyl groups is 1. The summed E-state index contributed by atoms with van der Waals surface area (Å²) >= 11 is 0. The van der Waals surface area contributed by atoms with E-state index in [4.69, 9.17) is 0 Å². The molecule has 1 nitrogen and oxygen atoms in total. The molecular weight excluding hydrogens is 256 g/mol. The first-order valence-corrected chi connectivity index (χ1v) is 9.29. The highest BCUT2D eigenvalue weighted by atomic mass is 16.3. The third-order valence-electron chi connectivity index (χ3n) is 8.47. The van der Waals surface area contributed by atoms with Gasteiger partial charge in [0.1, 0.15) is 0 Å². The van der Waals surface area contributed by atoms with Gasteiger partial charge in [0, 0.05) is 0 Å². The lowest BCUT2D eigenvalue weighted by molar-refractivity contribution is -0.109. The Morgan fingerprint density at radius 3 is 2.57 bits per heavy atom. The molecule has 7 atom stereocenters. The van der Waals surface area contributed by atoms with Crippen molar-refractivity contribution in [2.75, 3.05) is 0 Å². The molecule has 4 rings (SSSR count). The highest BCUT2D eigenvalue weighted by molar-refractivity contribution is 5.15. The van der Waals surface area contributed by atoms with E-state index in [0.29, 0.717) is 5.41 Å². The van der Waals surface area contributed by atoms with Crippen molar-refractivity contribution in [3.05, 3.63) is 11.6 Å². The summed E-state index contributed by atoms with van der Waals surface area (Å²) in [5, 5.41) is 10.5. The molecular formula is C20H32O. The first kappa shape index (κ1) is 14.3. The van der Waals surface area contributed by atoms with E-state index in [1.165, 1.54) is 44.9 Å². The van der Waals surface area contributed by atoms with E-state index in [2.05, 4.69) is 26.8 Å². The highest BCUT2D eigenvalue weighted by Crippen LogP contribution is 2.65. The quantitative estimate of drug-likeness (QED) is 0.626. The van der Waals surface area contributed by atoms with Gasteiger partial charge in [0.2, 0.25) is 0 Å². The van der Waals surface area contributed by atoms with E-state index in [-0.39, 0.29) is 11.5 Å². The molecule has 1 heteroatoms. The van der Waals surface area contributed by atoms with Crippen LogP contribution < -0.4 is 0 Å². The molecule has 0 aromatic rings. The molecule has 0 spiro atoms. The SMILES string of the molecule is CC1=CC[C@@]2(C)[C@H](CC[C@H]3[C@H]2CC[C@@]2(C)[C@H](O)CC[C@H]32)C1. The monoisotopic (exact) mass is 288 g/mol. The molecule has 1 N–H and O–H groups in total. The van der Waals surface area contributed by atoms with Crippen molar-refractivity contribution in [2.24, 2.45) is 34.5 Å². The predicted molar refractivity (Wildman–Crippen MR) is 86.9 cm³/mol. The summed E-state index contributed by atoms with van der Waals surface area (Å²) in [5.41, 5.74) is 2.43. The molecule has 21 heavy (non-hydrogen) atoms. The van der Waals surface area contributed by atoms with Gasteiger partial charge in [0.15, 0.2) is 0 Å². The molecule has 0 aromatic heterocycles. The molecule has 0 saturated heterocycles. The van der Waals surface area contributed by atoms with Gasteiger partial charge in [0.05, 0.1) is 6.10 Å². The van der Waals surface area contributed by atoms with E-state index in [0.717, 1.165) is 30.1 Å². The number of allylic oxidation sites excluding steroid dienone is 2. The van der Waals surface area contributed by atoms with Gasteiger partial charge < -0.3 is 5.11 Å². The topological polar surface area (TPSA) is 20.2 Å². The zero-order valence-corrected chi connectivity index (χ0v) is 14.1. The Morgan fingerprint density at radius 1 is 1.00 bits per heavy atom. The van der Waals surface area contributed by atoms with Crippen molar-refractivity contribution in [1.29, 1.82) is 0 Å². The van der Waals surface area contributed by atoms with Crippen LogP contribution in [0.25, 0.3) is 0 Å². The van der Waals surface area contributed by atoms with Gasteiger partial charge >= 0.3 is 0 Å². The minimum Gasteiger partial charge on any atom is -0.393 e. The summed E-state index contributed by atoms with van der Waals surface area (Å²) in [6, 6.07) is 0. The van der Waals surface area contributed by atoms with Crippen molar-refractivity contribution in [1.82, 2.24) is 0 Å².